The Kier molecular flexibility index (Phi) is 4.68. The Bertz CT molecular complexity index is 792. The minimum absolute atomic E-state index is 0.537. The van der Waals surface area contributed by atoms with E-state index in [-0.39, 0.29) is 0 Å². The summed E-state index contributed by atoms with van der Waals surface area (Å²) in [6, 6.07) is 15.3. The predicted octanol–water partition coefficient (Wildman–Crippen LogP) is 3.85. The van der Waals surface area contributed by atoms with E-state index in [9.17, 15) is 0 Å². The molecule has 6 heteroatoms. The first kappa shape index (κ1) is 15.2. The number of nitrogens with one attached hydrogen (secondary N) is 2. The van der Waals surface area contributed by atoms with Crippen molar-refractivity contribution in [2.45, 2.75) is 6.54 Å². The summed E-state index contributed by atoms with van der Waals surface area (Å²) >= 11 is 6.18. The van der Waals surface area contributed by atoms with Crippen LogP contribution in [0.5, 0.6) is 0 Å². The van der Waals surface area contributed by atoms with Crippen molar-refractivity contribution in [2.75, 3.05) is 17.7 Å². The van der Waals surface area contributed by atoms with Crippen LogP contribution in [0.4, 0.5) is 11.8 Å². The van der Waals surface area contributed by atoms with Crippen LogP contribution in [0, 0.1) is 0 Å². The van der Waals surface area contributed by atoms with Crippen molar-refractivity contribution in [1.82, 2.24) is 15.0 Å². The molecule has 116 valence electrons. The number of hydrogen-bond donors (Lipinski definition) is 2. The third-order valence-electron chi connectivity index (χ3n) is 3.29. The lowest BCUT2D eigenvalue weighted by Crippen LogP contribution is -2.06. The van der Waals surface area contributed by atoms with Crippen molar-refractivity contribution in [2.24, 2.45) is 0 Å². The van der Waals surface area contributed by atoms with Gasteiger partial charge in [-0.15, -0.1) is 0 Å². The molecule has 0 aliphatic heterocycles. The fourth-order valence-corrected chi connectivity index (χ4v) is 2.33. The van der Waals surface area contributed by atoms with Crippen LogP contribution in [0.3, 0.4) is 0 Å². The Labute approximate surface area is 139 Å². The second kappa shape index (κ2) is 7.07. The number of aromatic nitrogens is 3. The highest BCUT2D eigenvalue weighted by atomic mass is 35.5. The summed E-state index contributed by atoms with van der Waals surface area (Å²) in [5.41, 5.74) is 2.57. The molecule has 3 aromatic rings. The Morgan fingerprint density at radius 1 is 1.00 bits per heavy atom. The topological polar surface area (TPSA) is 62.7 Å². The van der Waals surface area contributed by atoms with Gasteiger partial charge in [-0.1, -0.05) is 35.9 Å². The molecular formula is C17H16ClN5. The second-order valence-corrected chi connectivity index (χ2v) is 5.28. The zero-order chi connectivity index (χ0) is 16.1. The van der Waals surface area contributed by atoms with Crippen LogP contribution in [-0.4, -0.2) is 22.0 Å². The van der Waals surface area contributed by atoms with Crippen molar-refractivity contribution in [3.8, 4) is 11.4 Å². The Hall–Kier alpha value is -2.66. The molecule has 2 aromatic heterocycles. The fourth-order valence-electron chi connectivity index (χ4n) is 2.12. The van der Waals surface area contributed by atoms with Gasteiger partial charge in [0.1, 0.15) is 5.82 Å². The Morgan fingerprint density at radius 3 is 2.57 bits per heavy atom. The molecule has 3 rings (SSSR count). The van der Waals surface area contributed by atoms with Gasteiger partial charge in [-0.3, -0.25) is 4.98 Å². The molecule has 0 saturated heterocycles. The molecule has 0 atom stereocenters. The van der Waals surface area contributed by atoms with Crippen LogP contribution in [0.2, 0.25) is 5.02 Å². The summed E-state index contributed by atoms with van der Waals surface area (Å²) in [6.07, 6.45) is 1.74. The van der Waals surface area contributed by atoms with Crippen LogP contribution in [0.25, 0.3) is 11.4 Å². The SMILES string of the molecule is CNc1nc(NCc2ccccc2Cl)cc(-c2ccccn2)n1. The molecule has 23 heavy (non-hydrogen) atoms. The van der Waals surface area contributed by atoms with E-state index >= 15 is 0 Å². The lowest BCUT2D eigenvalue weighted by molar-refractivity contribution is 1.08. The molecule has 0 saturated carbocycles. The van der Waals surface area contributed by atoms with E-state index in [1.807, 2.05) is 48.5 Å². The first-order valence-corrected chi connectivity index (χ1v) is 7.59. The lowest BCUT2D eigenvalue weighted by Gasteiger charge is -2.10. The summed E-state index contributed by atoms with van der Waals surface area (Å²) < 4.78 is 0. The van der Waals surface area contributed by atoms with Crippen LogP contribution >= 0.6 is 11.6 Å². The molecule has 0 spiro atoms. The highest BCUT2D eigenvalue weighted by Gasteiger charge is 2.07. The minimum Gasteiger partial charge on any atom is -0.366 e. The normalized spacial score (nSPS) is 10.3. The van der Waals surface area contributed by atoms with Gasteiger partial charge in [0.2, 0.25) is 5.95 Å². The monoisotopic (exact) mass is 325 g/mol. The molecule has 0 radical (unpaired) electrons. The van der Waals surface area contributed by atoms with Gasteiger partial charge in [-0.2, -0.15) is 4.98 Å². The quantitative estimate of drug-likeness (QED) is 0.746. The van der Waals surface area contributed by atoms with Crippen molar-refractivity contribution < 1.29 is 0 Å². The maximum Gasteiger partial charge on any atom is 0.224 e. The number of rotatable bonds is 5. The molecule has 2 N–H and O–H groups in total. The van der Waals surface area contributed by atoms with E-state index in [0.717, 1.165) is 22.0 Å². The standard InChI is InChI=1S/C17H16ClN5/c1-19-17-22-15(14-8-4-5-9-20-14)10-16(23-17)21-11-12-6-2-3-7-13(12)18/h2-10H,11H2,1H3,(H2,19,21,22,23). The smallest absolute Gasteiger partial charge is 0.224 e. The average Bonchev–Trinajstić information content (AvgIpc) is 2.61. The summed E-state index contributed by atoms with van der Waals surface area (Å²) in [7, 11) is 1.79. The molecule has 0 bridgehead atoms. The average molecular weight is 326 g/mol. The fraction of sp³-hybridized carbons (Fsp3) is 0.118. The maximum absolute atomic E-state index is 6.18. The molecule has 2 heterocycles. The van der Waals surface area contributed by atoms with Gasteiger partial charge in [0.15, 0.2) is 0 Å². The lowest BCUT2D eigenvalue weighted by atomic mass is 10.2. The predicted molar refractivity (Wildman–Crippen MR) is 93.6 cm³/mol. The van der Waals surface area contributed by atoms with Gasteiger partial charge in [-0.25, -0.2) is 4.98 Å². The number of pyridine rings is 1. The van der Waals surface area contributed by atoms with Crippen molar-refractivity contribution >= 4 is 23.4 Å². The summed E-state index contributed by atoms with van der Waals surface area (Å²) in [6.45, 7) is 0.585. The van der Waals surface area contributed by atoms with Crippen LogP contribution in [0.15, 0.2) is 54.7 Å². The van der Waals surface area contributed by atoms with Crippen molar-refractivity contribution in [1.29, 1.82) is 0 Å². The molecular weight excluding hydrogens is 310 g/mol. The first-order valence-electron chi connectivity index (χ1n) is 7.22. The van der Waals surface area contributed by atoms with Crippen LogP contribution in [-0.2, 0) is 6.54 Å². The molecule has 0 aliphatic rings. The van der Waals surface area contributed by atoms with Crippen LogP contribution in [0.1, 0.15) is 5.56 Å². The highest BCUT2D eigenvalue weighted by molar-refractivity contribution is 6.31. The first-order chi connectivity index (χ1) is 11.3. The second-order valence-electron chi connectivity index (χ2n) is 4.87. The Morgan fingerprint density at radius 2 is 1.83 bits per heavy atom. The molecule has 0 fully saturated rings. The summed E-state index contributed by atoms with van der Waals surface area (Å²) in [5.74, 6) is 1.25. The van der Waals surface area contributed by atoms with E-state index < -0.39 is 0 Å². The third kappa shape index (κ3) is 3.76. The maximum atomic E-state index is 6.18. The van der Waals surface area contributed by atoms with Gasteiger partial charge < -0.3 is 10.6 Å². The third-order valence-corrected chi connectivity index (χ3v) is 3.66. The molecule has 5 nitrogen and oxygen atoms in total. The number of hydrogen-bond acceptors (Lipinski definition) is 5. The number of halogens is 1. The number of benzene rings is 1. The van der Waals surface area contributed by atoms with E-state index in [1.54, 1.807) is 13.2 Å². The van der Waals surface area contributed by atoms with Gasteiger partial charge in [-0.05, 0) is 23.8 Å². The van der Waals surface area contributed by atoms with Crippen molar-refractivity contribution in [3.63, 3.8) is 0 Å². The zero-order valence-corrected chi connectivity index (χ0v) is 13.4. The van der Waals surface area contributed by atoms with E-state index in [2.05, 4.69) is 25.6 Å². The number of anilines is 2. The van der Waals surface area contributed by atoms with E-state index in [4.69, 9.17) is 11.6 Å². The van der Waals surface area contributed by atoms with Crippen LogP contribution < -0.4 is 10.6 Å². The Balaban J connectivity index is 1.86. The van der Waals surface area contributed by atoms with E-state index in [0.29, 0.717) is 18.3 Å². The highest BCUT2D eigenvalue weighted by Crippen LogP contribution is 2.21. The molecule has 0 aliphatic carbocycles. The number of nitrogens with zero attached hydrogens (tertiary/aromatic N) is 3. The minimum atomic E-state index is 0.537. The van der Waals surface area contributed by atoms with Gasteiger partial charge >= 0.3 is 0 Å². The van der Waals surface area contributed by atoms with E-state index in [1.165, 1.54) is 0 Å². The van der Waals surface area contributed by atoms with Crippen molar-refractivity contribution in [3.05, 3.63) is 65.3 Å². The zero-order valence-electron chi connectivity index (χ0n) is 12.6. The molecule has 0 amide bonds. The summed E-state index contributed by atoms with van der Waals surface area (Å²) in [5, 5.41) is 6.98. The molecule has 0 unspecified atom stereocenters. The largest absolute Gasteiger partial charge is 0.366 e. The van der Waals surface area contributed by atoms with Gasteiger partial charge in [0.05, 0.1) is 11.4 Å². The van der Waals surface area contributed by atoms with Gasteiger partial charge in [0, 0.05) is 30.9 Å². The van der Waals surface area contributed by atoms with Gasteiger partial charge in [0.25, 0.3) is 0 Å². The summed E-state index contributed by atoms with van der Waals surface area (Å²) in [4.78, 5) is 13.2. The molecule has 1 aromatic carbocycles.